The number of anilines is 4. The molecule has 24 heavy (non-hydrogen) atoms. The second kappa shape index (κ2) is 5.74. The highest BCUT2D eigenvalue weighted by molar-refractivity contribution is 7.86. The van der Waals surface area contributed by atoms with Crippen LogP contribution >= 0.6 is 0 Å². The van der Waals surface area contributed by atoms with E-state index in [-0.39, 0.29) is 0 Å². The molecular formula is C14H12N2O6S2-2. The molecule has 2 aromatic carbocycles. The predicted molar refractivity (Wildman–Crippen MR) is 86.3 cm³/mol. The standard InChI is InChI=1S/C14H14N2O6S2/c17-23(18,19)9-15-11-5-1-2-6-12(11)16(10-24(20,21)22)14-8-4-3-7-13(14)15/h1-8H,9-10H2,(H,17,18,19)(H,20,21,22)/p-2. The summed E-state index contributed by atoms with van der Waals surface area (Å²) in [5, 5.41) is 0. The molecule has 3 rings (SSSR count). The lowest BCUT2D eigenvalue weighted by Gasteiger charge is -2.40. The predicted octanol–water partition coefficient (Wildman–Crippen LogP) is 1.28. The van der Waals surface area contributed by atoms with Crippen molar-refractivity contribution >= 4 is 43.0 Å². The number of nitrogens with zero attached hydrogens (tertiary/aromatic N) is 2. The Hall–Kier alpha value is -2.14. The molecule has 8 nitrogen and oxygen atoms in total. The van der Waals surface area contributed by atoms with E-state index >= 15 is 0 Å². The summed E-state index contributed by atoms with van der Waals surface area (Å²) in [4.78, 5) is 2.59. The first kappa shape index (κ1) is 16.7. The van der Waals surface area contributed by atoms with Gasteiger partial charge >= 0.3 is 0 Å². The molecule has 1 heterocycles. The van der Waals surface area contributed by atoms with Gasteiger partial charge in [-0.2, -0.15) is 0 Å². The lowest BCUT2D eigenvalue weighted by molar-refractivity contribution is 0.460. The minimum Gasteiger partial charge on any atom is -0.747 e. The van der Waals surface area contributed by atoms with Crippen LogP contribution in [-0.4, -0.2) is 37.7 Å². The number of rotatable bonds is 4. The fraction of sp³-hybridized carbons (Fsp3) is 0.143. The second-order valence-corrected chi connectivity index (χ2v) is 7.95. The molecule has 1 aliphatic heterocycles. The van der Waals surface area contributed by atoms with Gasteiger partial charge in [-0.1, -0.05) is 24.3 Å². The lowest BCUT2D eigenvalue weighted by atomic mass is 10.1. The smallest absolute Gasteiger partial charge is 0.114 e. The Balaban J connectivity index is 2.23. The number of hydrogen-bond donors (Lipinski definition) is 0. The first-order chi connectivity index (χ1) is 11.2. The third-order valence-corrected chi connectivity index (χ3v) is 4.65. The van der Waals surface area contributed by atoms with Crippen LogP contribution in [0.2, 0.25) is 0 Å². The molecule has 0 N–H and O–H groups in total. The van der Waals surface area contributed by atoms with Gasteiger partial charge in [-0.3, -0.25) is 0 Å². The zero-order chi connectivity index (χ0) is 17.5. The highest BCUT2D eigenvalue weighted by Crippen LogP contribution is 2.47. The van der Waals surface area contributed by atoms with E-state index in [1.54, 1.807) is 48.5 Å². The van der Waals surface area contributed by atoms with E-state index in [4.69, 9.17) is 0 Å². The zero-order valence-corrected chi connectivity index (χ0v) is 13.8. The quantitative estimate of drug-likeness (QED) is 0.740. The molecular weight excluding hydrogens is 356 g/mol. The van der Waals surface area contributed by atoms with Crippen molar-refractivity contribution in [3.8, 4) is 0 Å². The van der Waals surface area contributed by atoms with Crippen LogP contribution in [0, 0.1) is 0 Å². The normalized spacial score (nSPS) is 14.2. The van der Waals surface area contributed by atoms with Crippen molar-refractivity contribution in [1.29, 1.82) is 0 Å². The van der Waals surface area contributed by atoms with Gasteiger partial charge in [-0.15, -0.1) is 0 Å². The molecule has 0 amide bonds. The third-order valence-electron chi connectivity index (χ3n) is 3.50. The maximum atomic E-state index is 11.3. The minimum absolute atomic E-state index is 0.333. The summed E-state index contributed by atoms with van der Waals surface area (Å²) in [6, 6.07) is 12.7. The summed E-state index contributed by atoms with van der Waals surface area (Å²) < 4.78 is 67.6. The van der Waals surface area contributed by atoms with Crippen LogP contribution in [-0.2, 0) is 20.2 Å². The van der Waals surface area contributed by atoms with Gasteiger partial charge in [0.25, 0.3) is 0 Å². The summed E-state index contributed by atoms with van der Waals surface area (Å²) >= 11 is 0. The van der Waals surface area contributed by atoms with Gasteiger partial charge in [0.2, 0.25) is 0 Å². The summed E-state index contributed by atoms with van der Waals surface area (Å²) in [6.45, 7) is 0. The van der Waals surface area contributed by atoms with Crippen molar-refractivity contribution in [2.75, 3.05) is 21.6 Å². The Kier molecular flexibility index (Phi) is 4.00. The highest BCUT2D eigenvalue weighted by atomic mass is 32.2. The Morgan fingerprint density at radius 2 is 0.875 bits per heavy atom. The first-order valence-electron chi connectivity index (χ1n) is 6.76. The molecule has 0 aromatic heterocycles. The van der Waals surface area contributed by atoms with E-state index in [0.29, 0.717) is 22.7 Å². The van der Waals surface area contributed by atoms with Crippen molar-refractivity contribution in [1.82, 2.24) is 0 Å². The average Bonchev–Trinajstić information content (AvgIpc) is 2.48. The van der Waals surface area contributed by atoms with Gasteiger partial charge in [0.1, 0.15) is 32.0 Å². The molecule has 0 radical (unpaired) electrons. The highest BCUT2D eigenvalue weighted by Gasteiger charge is 2.29. The van der Waals surface area contributed by atoms with Crippen molar-refractivity contribution < 1.29 is 25.9 Å². The molecule has 0 unspecified atom stereocenters. The van der Waals surface area contributed by atoms with Crippen LogP contribution in [0.25, 0.3) is 0 Å². The average molecular weight is 368 g/mol. The monoisotopic (exact) mass is 368 g/mol. The van der Waals surface area contributed by atoms with Crippen LogP contribution in [0.4, 0.5) is 22.7 Å². The topological polar surface area (TPSA) is 121 Å². The van der Waals surface area contributed by atoms with Crippen molar-refractivity contribution in [2.24, 2.45) is 0 Å². The van der Waals surface area contributed by atoms with Crippen LogP contribution in [0.15, 0.2) is 48.5 Å². The van der Waals surface area contributed by atoms with E-state index in [1.807, 2.05) is 0 Å². The summed E-state index contributed by atoms with van der Waals surface area (Å²) in [7, 11) is -9.17. The molecule has 0 fully saturated rings. The van der Waals surface area contributed by atoms with Gasteiger partial charge in [-0.25, -0.2) is 16.8 Å². The van der Waals surface area contributed by atoms with E-state index in [0.717, 1.165) is 0 Å². The number of fused-ring (bicyclic) bond motifs is 2. The van der Waals surface area contributed by atoms with Crippen LogP contribution < -0.4 is 9.80 Å². The fourth-order valence-corrected chi connectivity index (χ4v) is 3.88. The maximum absolute atomic E-state index is 11.3. The molecule has 128 valence electrons. The summed E-state index contributed by atoms with van der Waals surface area (Å²) in [6.07, 6.45) is 0. The van der Waals surface area contributed by atoms with E-state index in [2.05, 4.69) is 0 Å². The van der Waals surface area contributed by atoms with Crippen LogP contribution in [0.5, 0.6) is 0 Å². The Morgan fingerprint density at radius 3 is 1.08 bits per heavy atom. The van der Waals surface area contributed by atoms with E-state index in [9.17, 15) is 25.9 Å². The van der Waals surface area contributed by atoms with Gasteiger partial charge in [-0.05, 0) is 24.3 Å². The van der Waals surface area contributed by atoms with Crippen LogP contribution in [0.1, 0.15) is 0 Å². The van der Waals surface area contributed by atoms with Gasteiger partial charge in [0, 0.05) is 0 Å². The fourth-order valence-electron chi connectivity index (χ4n) is 2.70. The van der Waals surface area contributed by atoms with E-state index < -0.39 is 32.0 Å². The Morgan fingerprint density at radius 1 is 0.625 bits per heavy atom. The summed E-state index contributed by atoms with van der Waals surface area (Å²) in [5.74, 6) is -1.61. The molecule has 0 aliphatic carbocycles. The molecule has 0 atom stereocenters. The van der Waals surface area contributed by atoms with Gasteiger partial charge in [0.05, 0.1) is 22.7 Å². The number of hydrogen-bond acceptors (Lipinski definition) is 8. The van der Waals surface area contributed by atoms with Crippen molar-refractivity contribution in [2.45, 2.75) is 0 Å². The van der Waals surface area contributed by atoms with Crippen LogP contribution in [0.3, 0.4) is 0 Å². The molecule has 1 aliphatic rings. The number of para-hydroxylation sites is 4. The molecule has 0 bridgehead atoms. The Labute approximate surface area is 139 Å². The second-order valence-electron chi connectivity index (χ2n) is 5.21. The molecule has 0 saturated carbocycles. The minimum atomic E-state index is -4.58. The van der Waals surface area contributed by atoms with Crippen molar-refractivity contribution in [3.05, 3.63) is 48.5 Å². The SMILES string of the molecule is O=S(=O)([O-])CN1c2ccccc2N(CS(=O)(=O)[O-])c2ccccc21. The largest absolute Gasteiger partial charge is 0.747 e. The van der Waals surface area contributed by atoms with Crippen molar-refractivity contribution in [3.63, 3.8) is 0 Å². The van der Waals surface area contributed by atoms with Gasteiger partial charge < -0.3 is 18.9 Å². The number of benzene rings is 2. The first-order valence-corrected chi connectivity index (χ1v) is 9.91. The van der Waals surface area contributed by atoms with Gasteiger partial charge in [0.15, 0.2) is 0 Å². The molecule has 0 spiro atoms. The zero-order valence-electron chi connectivity index (χ0n) is 12.2. The molecule has 10 heteroatoms. The molecule has 2 aromatic rings. The summed E-state index contributed by atoms with van der Waals surface area (Å²) in [5.41, 5.74) is 1.33. The Bertz CT molecular complexity index is 860. The molecule has 0 saturated heterocycles. The maximum Gasteiger partial charge on any atom is 0.114 e. The lowest BCUT2D eigenvalue weighted by Crippen LogP contribution is -2.35. The third kappa shape index (κ3) is 3.36. The van der Waals surface area contributed by atoms with E-state index in [1.165, 1.54) is 9.80 Å².